The van der Waals surface area contributed by atoms with Crippen LogP contribution in [-0.4, -0.2) is 60.7 Å². The molecule has 43 heavy (non-hydrogen) atoms. The fourth-order valence-corrected chi connectivity index (χ4v) is 5.30. The summed E-state index contributed by atoms with van der Waals surface area (Å²) in [6, 6.07) is 20.7. The summed E-state index contributed by atoms with van der Waals surface area (Å²) in [6.07, 6.45) is 2.25. The smallest absolute Gasteiger partial charge is 0.253 e. The SMILES string of the molecule is COc1ccc(CCNC(=O)c2ccccc2NC(=O)C2CCCN(Cc3nc(-c4cccc(C)c4)no3)C2)cc1OC. The molecule has 1 atom stereocenters. The highest BCUT2D eigenvalue weighted by molar-refractivity contribution is 6.04. The molecule has 0 bridgehead atoms. The molecule has 1 aliphatic heterocycles. The Balaban J connectivity index is 1.15. The Morgan fingerprint density at radius 1 is 1.02 bits per heavy atom. The number of amides is 2. The van der Waals surface area contributed by atoms with Crippen molar-refractivity contribution in [1.29, 1.82) is 0 Å². The summed E-state index contributed by atoms with van der Waals surface area (Å²) in [5.74, 6) is 1.79. The van der Waals surface area contributed by atoms with Gasteiger partial charge in [-0.15, -0.1) is 0 Å². The quantitative estimate of drug-likeness (QED) is 0.256. The average molecular weight is 584 g/mol. The lowest BCUT2D eigenvalue weighted by Gasteiger charge is -2.31. The molecule has 1 saturated heterocycles. The Kier molecular flexibility index (Phi) is 9.68. The Morgan fingerprint density at radius 2 is 1.86 bits per heavy atom. The van der Waals surface area contributed by atoms with E-state index in [4.69, 9.17) is 14.0 Å². The predicted octanol–water partition coefficient (Wildman–Crippen LogP) is 4.89. The number of benzene rings is 3. The van der Waals surface area contributed by atoms with Gasteiger partial charge in [-0.2, -0.15) is 4.98 Å². The largest absolute Gasteiger partial charge is 0.493 e. The molecule has 1 aliphatic rings. The summed E-state index contributed by atoms with van der Waals surface area (Å²) in [4.78, 5) is 33.1. The van der Waals surface area contributed by atoms with Crippen LogP contribution in [0.15, 0.2) is 71.3 Å². The van der Waals surface area contributed by atoms with Crippen LogP contribution in [0.25, 0.3) is 11.4 Å². The number of hydrogen-bond acceptors (Lipinski definition) is 8. The van der Waals surface area contributed by atoms with Crippen LogP contribution in [0.5, 0.6) is 11.5 Å². The van der Waals surface area contributed by atoms with Crippen LogP contribution >= 0.6 is 0 Å². The Bertz CT molecular complexity index is 1570. The molecule has 0 aliphatic carbocycles. The molecule has 10 heteroatoms. The number of aromatic nitrogens is 2. The fraction of sp³-hybridized carbons (Fsp3) is 0.333. The second kappa shape index (κ2) is 14.0. The van der Waals surface area contributed by atoms with Crippen molar-refractivity contribution in [3.8, 4) is 22.9 Å². The Labute approximate surface area is 251 Å². The third-order valence-electron chi connectivity index (χ3n) is 7.56. The van der Waals surface area contributed by atoms with Gasteiger partial charge in [0.05, 0.1) is 37.9 Å². The topological polar surface area (TPSA) is 119 Å². The first-order chi connectivity index (χ1) is 20.9. The van der Waals surface area contributed by atoms with E-state index in [1.54, 1.807) is 32.4 Å². The molecule has 2 N–H and O–H groups in total. The second-order valence-corrected chi connectivity index (χ2v) is 10.7. The van der Waals surface area contributed by atoms with Crippen molar-refractivity contribution >= 4 is 17.5 Å². The van der Waals surface area contributed by atoms with E-state index in [9.17, 15) is 9.59 Å². The lowest BCUT2D eigenvalue weighted by Crippen LogP contribution is -2.40. The predicted molar refractivity (Wildman–Crippen MR) is 163 cm³/mol. The molecule has 5 rings (SSSR count). The number of rotatable bonds is 11. The van der Waals surface area contributed by atoms with Crippen molar-refractivity contribution in [2.24, 2.45) is 5.92 Å². The van der Waals surface area contributed by atoms with Crippen LogP contribution in [0.4, 0.5) is 5.69 Å². The summed E-state index contributed by atoms with van der Waals surface area (Å²) in [7, 11) is 3.19. The van der Waals surface area contributed by atoms with E-state index in [0.717, 1.165) is 36.1 Å². The van der Waals surface area contributed by atoms with E-state index in [1.807, 2.05) is 55.5 Å². The molecule has 0 spiro atoms. The van der Waals surface area contributed by atoms with Crippen molar-refractivity contribution < 1.29 is 23.6 Å². The third kappa shape index (κ3) is 7.58. The standard InChI is InChI=1S/C33H37N5O5/c1-22-8-6-9-24(18-22)31-36-30(43-37-31)21-38-17-7-10-25(20-38)32(39)35-27-12-5-4-11-26(27)33(40)34-16-15-23-13-14-28(41-2)29(19-23)42-3/h4-6,8-9,11-14,18-19,25H,7,10,15-17,20-21H2,1-3H3,(H,34,40)(H,35,39). The highest BCUT2D eigenvalue weighted by Crippen LogP contribution is 2.28. The molecular formula is C33H37N5O5. The van der Waals surface area contributed by atoms with Gasteiger partial charge in [0.15, 0.2) is 11.5 Å². The van der Waals surface area contributed by atoms with Crippen molar-refractivity contribution in [2.45, 2.75) is 32.7 Å². The molecule has 3 aromatic carbocycles. The zero-order valence-electron chi connectivity index (χ0n) is 24.8. The number of nitrogens with zero attached hydrogens (tertiary/aromatic N) is 3. The minimum Gasteiger partial charge on any atom is -0.493 e. The van der Waals surface area contributed by atoms with Crippen LogP contribution in [0.2, 0.25) is 0 Å². The normalized spacial score (nSPS) is 15.1. The summed E-state index contributed by atoms with van der Waals surface area (Å²) < 4.78 is 16.2. The lowest BCUT2D eigenvalue weighted by molar-refractivity contribution is -0.121. The summed E-state index contributed by atoms with van der Waals surface area (Å²) in [5, 5.41) is 10.1. The van der Waals surface area contributed by atoms with Gasteiger partial charge in [-0.25, -0.2) is 0 Å². The van der Waals surface area contributed by atoms with Gasteiger partial charge >= 0.3 is 0 Å². The zero-order valence-corrected chi connectivity index (χ0v) is 24.8. The molecule has 2 amide bonds. The van der Waals surface area contributed by atoms with Gasteiger partial charge in [-0.3, -0.25) is 14.5 Å². The van der Waals surface area contributed by atoms with Gasteiger partial charge in [-0.1, -0.05) is 47.1 Å². The molecule has 1 fully saturated rings. The Morgan fingerprint density at radius 3 is 2.67 bits per heavy atom. The molecule has 224 valence electrons. The highest BCUT2D eigenvalue weighted by Gasteiger charge is 2.28. The van der Waals surface area contributed by atoms with Crippen molar-refractivity contribution in [3.05, 3.63) is 89.3 Å². The van der Waals surface area contributed by atoms with Crippen molar-refractivity contribution in [1.82, 2.24) is 20.4 Å². The van der Waals surface area contributed by atoms with Gasteiger partial charge in [0.25, 0.3) is 5.91 Å². The monoisotopic (exact) mass is 583 g/mol. The number of aryl methyl sites for hydroxylation is 1. The number of carbonyl (C=O) groups excluding carboxylic acids is 2. The van der Waals surface area contributed by atoms with Gasteiger partial charge in [0, 0.05) is 18.7 Å². The van der Waals surface area contributed by atoms with Gasteiger partial charge < -0.3 is 24.6 Å². The maximum absolute atomic E-state index is 13.3. The van der Waals surface area contributed by atoms with Crippen LogP contribution in [0, 0.1) is 12.8 Å². The van der Waals surface area contributed by atoms with E-state index >= 15 is 0 Å². The minimum atomic E-state index is -0.248. The first kappa shape index (κ1) is 29.8. The van der Waals surface area contributed by atoms with E-state index in [0.29, 0.717) is 60.5 Å². The van der Waals surface area contributed by atoms with E-state index in [2.05, 4.69) is 25.7 Å². The molecule has 1 unspecified atom stereocenters. The minimum absolute atomic E-state index is 0.110. The molecule has 0 radical (unpaired) electrons. The van der Waals surface area contributed by atoms with E-state index < -0.39 is 0 Å². The number of piperidine rings is 1. The number of hydrogen-bond donors (Lipinski definition) is 2. The molecule has 4 aromatic rings. The van der Waals surface area contributed by atoms with Gasteiger partial charge in [0.1, 0.15) is 0 Å². The van der Waals surface area contributed by atoms with Gasteiger partial charge in [0.2, 0.25) is 17.6 Å². The highest BCUT2D eigenvalue weighted by atomic mass is 16.5. The first-order valence-electron chi connectivity index (χ1n) is 14.4. The summed E-state index contributed by atoms with van der Waals surface area (Å²) in [6.45, 7) is 4.33. The lowest BCUT2D eigenvalue weighted by atomic mass is 9.96. The average Bonchev–Trinajstić information content (AvgIpc) is 3.49. The molecule has 2 heterocycles. The first-order valence-corrected chi connectivity index (χ1v) is 14.4. The number of para-hydroxylation sites is 1. The molecular weight excluding hydrogens is 546 g/mol. The number of nitrogens with one attached hydrogen (secondary N) is 2. The number of carbonyl (C=O) groups is 2. The maximum Gasteiger partial charge on any atom is 0.253 e. The van der Waals surface area contributed by atoms with E-state index in [1.165, 1.54) is 0 Å². The van der Waals surface area contributed by atoms with Crippen LogP contribution in [0.3, 0.4) is 0 Å². The number of ether oxygens (including phenoxy) is 2. The molecule has 0 saturated carbocycles. The van der Waals surface area contributed by atoms with Crippen LogP contribution in [-0.2, 0) is 17.8 Å². The third-order valence-corrected chi connectivity index (χ3v) is 7.56. The van der Waals surface area contributed by atoms with E-state index in [-0.39, 0.29) is 17.7 Å². The van der Waals surface area contributed by atoms with Crippen LogP contribution < -0.4 is 20.1 Å². The zero-order chi connectivity index (χ0) is 30.2. The van der Waals surface area contributed by atoms with Crippen LogP contribution in [0.1, 0.15) is 40.2 Å². The maximum atomic E-state index is 13.3. The van der Waals surface area contributed by atoms with Crippen molar-refractivity contribution in [3.63, 3.8) is 0 Å². The summed E-state index contributed by atoms with van der Waals surface area (Å²) in [5.41, 5.74) is 3.96. The van der Waals surface area contributed by atoms with Gasteiger partial charge in [-0.05, 0) is 68.6 Å². The number of anilines is 1. The number of likely N-dealkylation sites (tertiary alicyclic amines) is 1. The molecule has 1 aromatic heterocycles. The number of methoxy groups -OCH3 is 2. The fourth-order valence-electron chi connectivity index (χ4n) is 5.30. The molecule has 10 nitrogen and oxygen atoms in total. The van der Waals surface area contributed by atoms with Crippen molar-refractivity contribution in [2.75, 3.05) is 39.2 Å². The second-order valence-electron chi connectivity index (χ2n) is 10.7. The summed E-state index contributed by atoms with van der Waals surface area (Å²) >= 11 is 0. The Hall–Kier alpha value is -4.70.